The molecular weight excluding hydrogens is 1000 g/mol. The fourth-order valence-electron chi connectivity index (χ4n) is 8.74. The van der Waals surface area contributed by atoms with Crippen LogP contribution in [0.3, 0.4) is 0 Å². The fourth-order valence-corrected chi connectivity index (χ4v) is 9.47. The Labute approximate surface area is 487 Å². The summed E-state index contributed by atoms with van der Waals surface area (Å²) in [6.07, 6.45) is 79.5. The Morgan fingerprint density at radius 2 is 0.810 bits per heavy atom. The Kier molecular flexibility index (Phi) is 55.4. The maximum absolute atomic E-state index is 13.5. The van der Waals surface area contributed by atoms with Crippen LogP contribution in [0.15, 0.2) is 109 Å². The number of phosphoric ester groups is 1. The normalized spacial score (nSPS) is 14.4. The predicted molar refractivity (Wildman–Crippen MR) is 341 cm³/mol. The van der Waals surface area contributed by atoms with Gasteiger partial charge in [0.25, 0.3) is 0 Å². The monoisotopic (exact) mass is 1120 g/mol. The van der Waals surface area contributed by atoms with Crippen LogP contribution in [0.1, 0.15) is 265 Å². The van der Waals surface area contributed by atoms with E-state index in [4.69, 9.17) is 13.8 Å². The van der Waals surface area contributed by atoms with Crippen molar-refractivity contribution in [2.75, 3.05) is 40.9 Å². The predicted octanol–water partition coefficient (Wildman–Crippen LogP) is 20.1. The maximum Gasteiger partial charge on any atom is 0.472 e. The van der Waals surface area contributed by atoms with Gasteiger partial charge in [-0.3, -0.25) is 18.6 Å². The van der Waals surface area contributed by atoms with E-state index in [1.54, 1.807) is 0 Å². The first-order chi connectivity index (χ1) is 38.4. The van der Waals surface area contributed by atoms with Gasteiger partial charge in [-0.2, -0.15) is 0 Å². The van der Waals surface area contributed by atoms with Crippen LogP contribution < -0.4 is 5.32 Å². The number of unbranched alkanes of at least 4 members (excludes halogenated alkanes) is 25. The molecule has 454 valence electrons. The summed E-state index contributed by atoms with van der Waals surface area (Å²) in [4.78, 5) is 37.7. The molecule has 2 N–H and O–H groups in total. The van der Waals surface area contributed by atoms with Gasteiger partial charge in [-0.1, -0.05) is 246 Å². The van der Waals surface area contributed by atoms with E-state index in [1.807, 2.05) is 33.3 Å². The van der Waals surface area contributed by atoms with Crippen LogP contribution in [0.4, 0.5) is 0 Å². The average Bonchev–Trinajstić information content (AvgIpc) is 3.41. The van der Waals surface area contributed by atoms with Crippen LogP contribution in [0.25, 0.3) is 0 Å². The van der Waals surface area contributed by atoms with Crippen molar-refractivity contribution in [3.8, 4) is 0 Å². The van der Waals surface area contributed by atoms with E-state index >= 15 is 0 Å². The van der Waals surface area contributed by atoms with Gasteiger partial charge in [0.15, 0.2) is 0 Å². The fraction of sp³-hybridized carbons (Fsp3) is 0.710. The molecule has 0 aromatic rings. The minimum Gasteiger partial charge on any atom is -0.456 e. The van der Waals surface area contributed by atoms with Crippen LogP contribution in [-0.4, -0.2) is 74.3 Å². The summed E-state index contributed by atoms with van der Waals surface area (Å²) in [5.74, 6) is -0.542. The van der Waals surface area contributed by atoms with Crippen molar-refractivity contribution < 1.29 is 37.3 Å². The lowest BCUT2D eigenvalue weighted by Gasteiger charge is -2.27. The SMILES string of the molecule is CC/C=C\C/C=C\C/C=C\C/C=C\C/C=C\CCCCCCCCCCCC(=O)OC(/C=C\CCCCCCCCCCC)C(COP(=O)(O)OCC[N+](C)(C)C)NC(=O)CCCCCC/C=C\C/C=C\C/C=C\CCCCC. The van der Waals surface area contributed by atoms with Gasteiger partial charge >= 0.3 is 13.8 Å². The number of allylic oxidation sites excluding steroid dienone is 17. The van der Waals surface area contributed by atoms with Gasteiger partial charge in [0, 0.05) is 12.8 Å². The number of nitrogens with one attached hydrogen (secondary N) is 1. The van der Waals surface area contributed by atoms with Crippen molar-refractivity contribution in [2.24, 2.45) is 0 Å². The van der Waals surface area contributed by atoms with E-state index in [2.05, 4.69) is 123 Å². The highest BCUT2D eigenvalue weighted by Crippen LogP contribution is 2.43. The third kappa shape index (κ3) is 59.1. The Morgan fingerprint density at radius 3 is 1.24 bits per heavy atom. The van der Waals surface area contributed by atoms with E-state index in [0.717, 1.165) is 128 Å². The second kappa shape index (κ2) is 57.9. The van der Waals surface area contributed by atoms with Crippen LogP contribution in [0.5, 0.6) is 0 Å². The van der Waals surface area contributed by atoms with E-state index < -0.39 is 20.0 Å². The van der Waals surface area contributed by atoms with Gasteiger partial charge < -0.3 is 19.4 Å². The molecule has 0 aromatic heterocycles. The van der Waals surface area contributed by atoms with Crippen molar-refractivity contribution >= 4 is 19.7 Å². The van der Waals surface area contributed by atoms with E-state index in [0.29, 0.717) is 17.4 Å². The first kappa shape index (κ1) is 75.7. The molecule has 3 unspecified atom stereocenters. The molecule has 0 aliphatic rings. The van der Waals surface area contributed by atoms with Crippen LogP contribution >= 0.6 is 7.82 Å². The van der Waals surface area contributed by atoms with Gasteiger partial charge in [0.1, 0.15) is 19.3 Å². The summed E-state index contributed by atoms with van der Waals surface area (Å²) >= 11 is 0. The number of carbonyl (C=O) groups excluding carboxylic acids is 2. The number of nitrogens with zero attached hydrogens (tertiary/aromatic N) is 1. The number of hydrogen-bond acceptors (Lipinski definition) is 6. The second-order valence-electron chi connectivity index (χ2n) is 22.5. The number of likely N-dealkylation sites (N-methyl/N-ethyl adjacent to an activating group) is 1. The lowest BCUT2D eigenvalue weighted by atomic mass is 10.1. The maximum atomic E-state index is 13.5. The van der Waals surface area contributed by atoms with Crippen molar-refractivity contribution in [1.82, 2.24) is 5.32 Å². The summed E-state index contributed by atoms with van der Waals surface area (Å²) < 4.78 is 30.7. The summed E-state index contributed by atoms with van der Waals surface area (Å²) in [5.41, 5.74) is 0. The molecule has 0 radical (unpaired) electrons. The smallest absolute Gasteiger partial charge is 0.456 e. The number of quaternary nitrogens is 1. The van der Waals surface area contributed by atoms with E-state index in [1.165, 1.54) is 103 Å². The molecule has 9 nitrogen and oxygen atoms in total. The van der Waals surface area contributed by atoms with Gasteiger partial charge in [0.2, 0.25) is 5.91 Å². The first-order valence-corrected chi connectivity index (χ1v) is 33.7. The molecule has 0 rings (SSSR count). The largest absolute Gasteiger partial charge is 0.472 e. The van der Waals surface area contributed by atoms with Crippen LogP contribution in [0, 0.1) is 0 Å². The molecule has 79 heavy (non-hydrogen) atoms. The van der Waals surface area contributed by atoms with Gasteiger partial charge in [-0.25, -0.2) is 4.57 Å². The first-order valence-electron chi connectivity index (χ1n) is 32.2. The van der Waals surface area contributed by atoms with Crippen molar-refractivity contribution in [1.29, 1.82) is 0 Å². The number of ether oxygens (including phenoxy) is 1. The zero-order valence-electron chi connectivity index (χ0n) is 51.8. The molecule has 0 fully saturated rings. The Balaban J connectivity index is 5.18. The number of esters is 1. The Hall–Kier alpha value is -3.33. The van der Waals surface area contributed by atoms with Gasteiger partial charge in [0.05, 0.1) is 33.8 Å². The molecule has 0 saturated heterocycles. The molecule has 0 bridgehead atoms. The molecule has 0 saturated carbocycles. The summed E-state index contributed by atoms with van der Waals surface area (Å²) in [6.45, 7) is 6.84. The minimum atomic E-state index is -4.46. The van der Waals surface area contributed by atoms with E-state index in [-0.39, 0.29) is 31.5 Å². The average molecular weight is 1120 g/mol. The van der Waals surface area contributed by atoms with Crippen LogP contribution in [0.2, 0.25) is 0 Å². The number of phosphoric acid groups is 1. The summed E-state index contributed by atoms with van der Waals surface area (Å²) in [7, 11) is 1.46. The van der Waals surface area contributed by atoms with Crippen molar-refractivity contribution in [3.05, 3.63) is 109 Å². The van der Waals surface area contributed by atoms with Gasteiger partial charge in [-0.15, -0.1) is 0 Å². The standard InChI is InChI=1S/C69H121N2O7P/c1-7-10-13-16-19-22-25-27-29-31-32-33-34-35-36-37-38-40-42-44-47-50-53-56-59-62-69(73)78-67(60-57-54-51-48-45-24-21-18-15-12-9-3)66(65-77-79(74,75)76-64-63-71(4,5)6)70-68(72)61-58-55-52-49-46-43-41-39-30-28-26-23-20-17-14-11-8-2/h10,13,19-20,22-23,27-30,32-33,35-36,41,43,57,60,66-67H,7-9,11-12,14-18,21,24-26,31,34,37-40,42,44-56,58-59,61-65H2,1-6H3,(H-,70,72,74,75)/p+1/b13-10-,22-19-,23-20-,29-27-,30-28-,33-32-,36-35-,43-41-,60-57-. The summed E-state index contributed by atoms with van der Waals surface area (Å²) in [6, 6.07) is -0.869. The van der Waals surface area contributed by atoms with Gasteiger partial charge in [-0.05, 0) is 115 Å². The third-order valence-corrected chi connectivity index (χ3v) is 14.7. The molecule has 0 spiro atoms. The quantitative estimate of drug-likeness (QED) is 0.0205. The van der Waals surface area contributed by atoms with Crippen molar-refractivity contribution in [2.45, 2.75) is 277 Å². The van der Waals surface area contributed by atoms with Crippen molar-refractivity contribution in [3.63, 3.8) is 0 Å². The molecule has 3 atom stereocenters. The molecule has 0 aliphatic heterocycles. The molecule has 10 heteroatoms. The highest BCUT2D eigenvalue weighted by Gasteiger charge is 2.30. The number of amides is 1. The zero-order valence-corrected chi connectivity index (χ0v) is 52.7. The third-order valence-electron chi connectivity index (χ3n) is 13.7. The lowest BCUT2D eigenvalue weighted by Crippen LogP contribution is -2.47. The number of hydrogen-bond donors (Lipinski definition) is 2. The Morgan fingerprint density at radius 1 is 0.456 bits per heavy atom. The Bertz CT molecular complexity index is 1720. The summed E-state index contributed by atoms with van der Waals surface area (Å²) in [5, 5.41) is 3.04. The highest BCUT2D eigenvalue weighted by molar-refractivity contribution is 7.47. The zero-order chi connectivity index (χ0) is 57.9. The van der Waals surface area contributed by atoms with Crippen LogP contribution in [-0.2, 0) is 27.9 Å². The second-order valence-corrected chi connectivity index (χ2v) is 24.0. The molecule has 0 aliphatic carbocycles. The minimum absolute atomic E-state index is 0.0295. The molecular formula is C69H122N2O7P+. The topological polar surface area (TPSA) is 111 Å². The highest BCUT2D eigenvalue weighted by atomic mass is 31.2. The van der Waals surface area contributed by atoms with E-state index in [9.17, 15) is 19.0 Å². The lowest BCUT2D eigenvalue weighted by molar-refractivity contribution is -0.870. The molecule has 0 heterocycles. The number of rotatable bonds is 57. The number of carbonyl (C=O) groups is 2. The molecule has 1 amide bonds. The molecule has 0 aromatic carbocycles.